The van der Waals surface area contributed by atoms with Crippen LogP contribution in [0.4, 0.5) is 4.79 Å². The van der Waals surface area contributed by atoms with E-state index in [0.29, 0.717) is 19.4 Å². The zero-order chi connectivity index (χ0) is 22.9. The predicted molar refractivity (Wildman–Crippen MR) is 125 cm³/mol. The molecule has 2 aromatic carbocycles. The molecule has 2 aromatic rings. The number of rotatable bonds is 6. The van der Waals surface area contributed by atoms with E-state index in [1.807, 2.05) is 45.0 Å². The van der Waals surface area contributed by atoms with Gasteiger partial charge in [-0.05, 0) is 46.9 Å². The molecule has 4 rings (SSSR count). The van der Waals surface area contributed by atoms with E-state index >= 15 is 0 Å². The van der Waals surface area contributed by atoms with Crippen LogP contribution in [-0.4, -0.2) is 40.8 Å². The van der Waals surface area contributed by atoms with Crippen LogP contribution in [-0.2, 0) is 9.53 Å². The second-order valence-corrected chi connectivity index (χ2v) is 9.71. The first kappa shape index (κ1) is 22.4. The summed E-state index contributed by atoms with van der Waals surface area (Å²) in [6.07, 6.45) is 3.16. The van der Waals surface area contributed by atoms with Crippen LogP contribution >= 0.6 is 0 Å². The number of carbonyl (C=O) groups excluding carboxylic acids is 1. The van der Waals surface area contributed by atoms with Crippen LogP contribution in [0, 0.1) is 5.41 Å². The van der Waals surface area contributed by atoms with Crippen LogP contribution in [0.2, 0.25) is 0 Å². The van der Waals surface area contributed by atoms with Gasteiger partial charge in [0.25, 0.3) is 0 Å². The van der Waals surface area contributed by atoms with Crippen molar-refractivity contribution in [2.45, 2.75) is 64.3 Å². The van der Waals surface area contributed by atoms with E-state index in [9.17, 15) is 14.7 Å². The molecule has 1 amide bonds. The smallest absolute Gasteiger partial charge is 0.410 e. The maximum absolute atomic E-state index is 13.5. The van der Waals surface area contributed by atoms with Gasteiger partial charge in [0.2, 0.25) is 0 Å². The summed E-state index contributed by atoms with van der Waals surface area (Å²) in [5.41, 5.74) is 2.86. The quantitative estimate of drug-likeness (QED) is 0.598. The number of ether oxygens (including phenoxy) is 1. The van der Waals surface area contributed by atoms with Gasteiger partial charge in [-0.25, -0.2) is 9.59 Å². The third-order valence-corrected chi connectivity index (χ3v) is 7.53. The van der Waals surface area contributed by atoms with Gasteiger partial charge in [0, 0.05) is 12.5 Å². The summed E-state index contributed by atoms with van der Waals surface area (Å²) in [5.74, 6) is -0.973. The first-order valence-electron chi connectivity index (χ1n) is 11.7. The van der Waals surface area contributed by atoms with Crippen LogP contribution in [0.25, 0.3) is 11.1 Å². The Labute approximate surface area is 190 Å². The molecule has 32 heavy (non-hydrogen) atoms. The highest BCUT2D eigenvalue weighted by molar-refractivity contribution is 5.86. The van der Waals surface area contributed by atoms with Gasteiger partial charge in [-0.2, -0.15) is 0 Å². The maximum atomic E-state index is 13.5. The van der Waals surface area contributed by atoms with Crippen molar-refractivity contribution < 1.29 is 19.4 Å². The summed E-state index contributed by atoms with van der Waals surface area (Å²) in [5, 5.41) is 10.4. The fourth-order valence-electron chi connectivity index (χ4n) is 5.84. The van der Waals surface area contributed by atoms with Gasteiger partial charge in [-0.1, -0.05) is 82.1 Å². The molecule has 170 valence electrons. The highest BCUT2D eigenvalue weighted by atomic mass is 16.6. The molecule has 0 radical (unpaired) electrons. The molecule has 1 unspecified atom stereocenters. The summed E-state index contributed by atoms with van der Waals surface area (Å²) in [6, 6.07) is 16.4. The van der Waals surface area contributed by atoms with Crippen LogP contribution < -0.4 is 0 Å². The molecule has 0 spiro atoms. The molecular weight excluding hydrogens is 402 g/mol. The number of aliphatic carboxylic acids is 1. The normalized spacial score (nSPS) is 21.5. The lowest BCUT2D eigenvalue weighted by atomic mass is 9.62. The van der Waals surface area contributed by atoms with Crippen molar-refractivity contribution >= 4 is 12.1 Å². The third kappa shape index (κ3) is 3.48. The molecule has 0 aromatic heterocycles. The number of hydrogen-bond acceptors (Lipinski definition) is 3. The van der Waals surface area contributed by atoms with Crippen LogP contribution in [0.1, 0.15) is 69.9 Å². The van der Waals surface area contributed by atoms with E-state index in [2.05, 4.69) is 24.3 Å². The maximum Gasteiger partial charge on any atom is 0.410 e. The Hall–Kier alpha value is -2.82. The molecule has 2 aliphatic rings. The SMILES string of the molecule is CCCN(C(=O)OCC1c2ccccc2-c2ccccc21)C1(C(=O)O)CCCCC1(C)C. The summed E-state index contributed by atoms with van der Waals surface area (Å²) < 4.78 is 5.90. The number of fused-ring (bicyclic) bond motifs is 3. The fraction of sp³-hybridized carbons (Fsp3) is 0.481. The van der Waals surface area contributed by atoms with E-state index in [1.165, 1.54) is 16.0 Å². The lowest BCUT2D eigenvalue weighted by molar-refractivity contribution is -0.164. The van der Waals surface area contributed by atoms with Crippen molar-refractivity contribution in [3.63, 3.8) is 0 Å². The van der Waals surface area contributed by atoms with Crippen molar-refractivity contribution in [1.29, 1.82) is 0 Å². The van der Waals surface area contributed by atoms with Crippen LogP contribution in [0.15, 0.2) is 48.5 Å². The Morgan fingerprint density at radius 2 is 1.56 bits per heavy atom. The molecule has 1 N–H and O–H groups in total. The van der Waals surface area contributed by atoms with Crippen molar-refractivity contribution in [2.75, 3.05) is 13.2 Å². The Morgan fingerprint density at radius 1 is 1.00 bits per heavy atom. The second kappa shape index (κ2) is 8.61. The number of nitrogens with zero attached hydrogens (tertiary/aromatic N) is 1. The molecule has 1 saturated carbocycles. The standard InChI is InChI=1S/C27H33NO4/c1-4-17-28(27(24(29)30)16-10-9-15-26(27,2)3)25(31)32-18-23-21-13-7-5-11-19(21)20-12-6-8-14-22(20)23/h5-8,11-14,23H,4,9-10,15-18H2,1-3H3,(H,29,30). The van der Waals surface area contributed by atoms with Crippen molar-refractivity contribution in [2.24, 2.45) is 5.41 Å². The van der Waals surface area contributed by atoms with Gasteiger partial charge in [-0.15, -0.1) is 0 Å². The summed E-state index contributed by atoms with van der Waals surface area (Å²) in [4.78, 5) is 27.6. The molecule has 0 bridgehead atoms. The van der Waals surface area contributed by atoms with E-state index in [0.717, 1.165) is 30.4 Å². The lowest BCUT2D eigenvalue weighted by Crippen LogP contribution is -2.66. The average molecular weight is 436 g/mol. The van der Waals surface area contributed by atoms with E-state index < -0.39 is 23.0 Å². The van der Waals surface area contributed by atoms with Gasteiger partial charge in [0.15, 0.2) is 0 Å². The Balaban J connectivity index is 1.62. The zero-order valence-corrected chi connectivity index (χ0v) is 19.3. The number of carbonyl (C=O) groups is 2. The molecular formula is C27H33NO4. The topological polar surface area (TPSA) is 66.8 Å². The summed E-state index contributed by atoms with van der Waals surface area (Å²) >= 11 is 0. The number of benzene rings is 2. The Kier molecular flexibility index (Phi) is 6.02. The molecule has 5 heteroatoms. The first-order valence-corrected chi connectivity index (χ1v) is 11.7. The van der Waals surface area contributed by atoms with Crippen molar-refractivity contribution in [3.05, 3.63) is 59.7 Å². The molecule has 1 atom stereocenters. The number of hydrogen-bond donors (Lipinski definition) is 1. The average Bonchev–Trinajstić information content (AvgIpc) is 3.09. The highest BCUT2D eigenvalue weighted by Crippen LogP contribution is 2.49. The number of carboxylic acid groups (broad SMARTS) is 1. The minimum Gasteiger partial charge on any atom is -0.479 e. The highest BCUT2D eigenvalue weighted by Gasteiger charge is 2.58. The Bertz CT molecular complexity index is 969. The van der Waals surface area contributed by atoms with Gasteiger partial charge in [0.1, 0.15) is 12.1 Å². The van der Waals surface area contributed by atoms with E-state index in [4.69, 9.17) is 4.74 Å². The second-order valence-electron chi connectivity index (χ2n) is 9.71. The van der Waals surface area contributed by atoms with Crippen LogP contribution in [0.3, 0.4) is 0 Å². The molecule has 0 saturated heterocycles. The molecule has 2 aliphatic carbocycles. The summed E-state index contributed by atoms with van der Waals surface area (Å²) in [7, 11) is 0. The number of amides is 1. The monoisotopic (exact) mass is 435 g/mol. The zero-order valence-electron chi connectivity index (χ0n) is 19.3. The van der Waals surface area contributed by atoms with Crippen LogP contribution in [0.5, 0.6) is 0 Å². The molecule has 0 aliphatic heterocycles. The first-order chi connectivity index (χ1) is 15.3. The van der Waals surface area contributed by atoms with E-state index in [-0.39, 0.29) is 12.5 Å². The minimum atomic E-state index is -1.25. The van der Waals surface area contributed by atoms with Gasteiger partial charge >= 0.3 is 12.1 Å². The third-order valence-electron chi connectivity index (χ3n) is 7.53. The predicted octanol–water partition coefficient (Wildman–Crippen LogP) is 6.07. The fourth-order valence-corrected chi connectivity index (χ4v) is 5.84. The molecule has 0 heterocycles. The minimum absolute atomic E-state index is 0.0463. The Morgan fingerprint density at radius 3 is 2.09 bits per heavy atom. The van der Waals surface area contributed by atoms with Gasteiger partial charge in [0.05, 0.1) is 0 Å². The lowest BCUT2D eigenvalue weighted by Gasteiger charge is -2.52. The van der Waals surface area contributed by atoms with E-state index in [1.54, 1.807) is 0 Å². The van der Waals surface area contributed by atoms with Crippen molar-refractivity contribution in [3.8, 4) is 11.1 Å². The molecule has 1 fully saturated rings. The van der Waals surface area contributed by atoms with Gasteiger partial charge in [-0.3, -0.25) is 4.90 Å². The summed E-state index contributed by atoms with van der Waals surface area (Å²) in [6.45, 7) is 6.48. The van der Waals surface area contributed by atoms with Crippen molar-refractivity contribution in [1.82, 2.24) is 4.90 Å². The number of carboxylic acids is 1. The van der Waals surface area contributed by atoms with Gasteiger partial charge < -0.3 is 9.84 Å². The molecule has 5 nitrogen and oxygen atoms in total. The largest absolute Gasteiger partial charge is 0.479 e.